The van der Waals surface area contributed by atoms with E-state index in [1.54, 1.807) is 55.4 Å². The number of rotatable bonds is 14. The lowest BCUT2D eigenvalue weighted by molar-refractivity contribution is -0.0394. The van der Waals surface area contributed by atoms with E-state index < -0.39 is 35.5 Å². The molecule has 1 aromatic carbocycles. The monoisotopic (exact) mass is 686 g/mol. The minimum absolute atomic E-state index is 0.0442. The van der Waals surface area contributed by atoms with Crippen molar-refractivity contribution in [2.45, 2.75) is 149 Å². The molecule has 7 nitrogen and oxygen atoms in total. The number of aliphatic hydroxyl groups is 1. The second-order valence-corrected chi connectivity index (χ2v) is 20.0. The van der Waals surface area contributed by atoms with Crippen LogP contribution < -0.4 is 4.74 Å². The van der Waals surface area contributed by atoms with Gasteiger partial charge in [-0.05, 0) is 166 Å². The van der Waals surface area contributed by atoms with Crippen LogP contribution in [0.3, 0.4) is 0 Å². The number of hydrogen-bond donors (Lipinski definition) is 1. The highest BCUT2D eigenvalue weighted by Crippen LogP contribution is 2.63. The van der Waals surface area contributed by atoms with Gasteiger partial charge < -0.3 is 9.84 Å². The number of halogens is 1. The number of phosphoric ester groups is 1. The average Bonchev–Trinajstić information content (AvgIpc) is 3.19. The molecular weight excluding hydrogens is 626 g/mol. The number of ether oxygens (including phenoxy) is 1. The van der Waals surface area contributed by atoms with Crippen LogP contribution in [0.25, 0.3) is 0 Å². The summed E-state index contributed by atoms with van der Waals surface area (Å²) >= 11 is 0. The van der Waals surface area contributed by atoms with Crippen molar-refractivity contribution in [3.63, 3.8) is 0 Å². The van der Waals surface area contributed by atoms with Crippen molar-refractivity contribution < 1.29 is 36.6 Å². The first-order chi connectivity index (χ1) is 21.2. The zero-order chi connectivity index (χ0) is 34.1. The third-order valence-electron chi connectivity index (χ3n) is 10.1. The Labute approximate surface area is 280 Å². The normalized spacial score (nSPS) is 29.2. The van der Waals surface area contributed by atoms with E-state index in [4.69, 9.17) is 18.3 Å². The number of phosphoric acid groups is 1. The molecule has 3 aliphatic carbocycles. The van der Waals surface area contributed by atoms with Gasteiger partial charge in [0.2, 0.25) is 0 Å². The molecule has 264 valence electrons. The zero-order valence-electron chi connectivity index (χ0n) is 29.7. The van der Waals surface area contributed by atoms with Crippen molar-refractivity contribution >= 4 is 18.6 Å². The third-order valence-corrected chi connectivity index (χ3v) is 13.6. The fourth-order valence-corrected chi connectivity index (χ4v) is 11.1. The minimum Gasteiger partial charge on any atom is -0.467 e. The van der Waals surface area contributed by atoms with E-state index in [-0.39, 0.29) is 18.3 Å². The van der Waals surface area contributed by atoms with Crippen molar-refractivity contribution in [3.8, 4) is 5.75 Å². The minimum atomic E-state index is -3.90. The lowest BCUT2D eigenvalue weighted by atomic mass is 9.52. The Balaban J connectivity index is 1.47. The highest BCUT2D eigenvalue weighted by atomic mass is 32.2. The highest BCUT2D eigenvalue weighted by molar-refractivity contribution is 7.84. The van der Waals surface area contributed by atoms with Crippen molar-refractivity contribution in [2.75, 3.05) is 18.3 Å². The molecule has 46 heavy (non-hydrogen) atoms. The van der Waals surface area contributed by atoms with Crippen LogP contribution in [0.4, 0.5) is 4.39 Å². The van der Waals surface area contributed by atoms with Gasteiger partial charge in [-0.2, -0.15) is 0 Å². The van der Waals surface area contributed by atoms with E-state index in [1.807, 2.05) is 6.07 Å². The molecule has 0 bridgehead atoms. The van der Waals surface area contributed by atoms with Gasteiger partial charge >= 0.3 is 7.82 Å². The van der Waals surface area contributed by atoms with E-state index >= 15 is 0 Å². The first-order valence-corrected chi connectivity index (χ1v) is 20.3. The SMILES string of the molecule is CC(C)(F)CCCS(=O)CCC[C@@H]1Cc2cc(OCOP(=O)(OC(C)(C)C)OC(C)(C)C)ccc2[C@H]2CC[C@]3(C)[C@@H](O)CC[C@H]3[C@H]12. The van der Waals surface area contributed by atoms with E-state index in [1.165, 1.54) is 11.1 Å². The summed E-state index contributed by atoms with van der Waals surface area (Å²) in [6, 6.07) is 6.25. The van der Waals surface area contributed by atoms with Crippen molar-refractivity contribution in [3.05, 3.63) is 29.3 Å². The molecule has 0 heterocycles. The van der Waals surface area contributed by atoms with Crippen molar-refractivity contribution in [1.82, 2.24) is 0 Å². The largest absolute Gasteiger partial charge is 0.478 e. The molecule has 1 N–H and O–H groups in total. The Bertz CT molecular complexity index is 1230. The average molecular weight is 687 g/mol. The van der Waals surface area contributed by atoms with E-state index in [2.05, 4.69) is 19.1 Å². The van der Waals surface area contributed by atoms with Crippen LogP contribution in [0.5, 0.6) is 5.75 Å². The standard InChI is InChI=1S/C36H60FO7PS/c1-33(2,3)43-45(39,44-34(4,5)6)42-24-41-27-13-14-28-26(23-27)22-25(12-10-20-46(40)21-11-18-35(7,8)37)32-29(28)17-19-36(9)30(32)15-16-31(36)38/h13-14,23,25,29-32,38H,10-12,15-22,24H2,1-9H3/t25-,29-,30+,31+,32-,36+,46?/m1/s1. The van der Waals surface area contributed by atoms with Gasteiger partial charge in [0.15, 0.2) is 6.79 Å². The van der Waals surface area contributed by atoms with E-state index in [0.29, 0.717) is 53.8 Å². The molecule has 0 aliphatic heterocycles. The summed E-state index contributed by atoms with van der Waals surface area (Å²) < 4.78 is 63.2. The second-order valence-electron chi connectivity index (χ2n) is 16.8. The van der Waals surface area contributed by atoms with Crippen LogP contribution in [0.1, 0.15) is 131 Å². The maximum absolute atomic E-state index is 13.9. The lowest BCUT2D eigenvalue weighted by Gasteiger charge is -2.53. The third kappa shape index (κ3) is 10.1. The topological polar surface area (TPSA) is 91.3 Å². The Kier molecular flexibility index (Phi) is 12.0. The molecule has 7 atom stereocenters. The number of fused-ring (bicyclic) bond motifs is 5. The molecule has 0 aromatic heterocycles. The molecule has 0 spiro atoms. The van der Waals surface area contributed by atoms with Gasteiger partial charge in [-0.1, -0.05) is 13.0 Å². The quantitative estimate of drug-likeness (QED) is 0.154. The molecule has 2 saturated carbocycles. The molecule has 1 aromatic rings. The predicted octanol–water partition coefficient (Wildman–Crippen LogP) is 9.28. The van der Waals surface area contributed by atoms with E-state index in [9.17, 15) is 18.3 Å². The summed E-state index contributed by atoms with van der Waals surface area (Å²) in [5.74, 6) is 3.63. The van der Waals surface area contributed by atoms with Crippen LogP contribution >= 0.6 is 7.82 Å². The first-order valence-electron chi connectivity index (χ1n) is 17.3. The predicted molar refractivity (Wildman–Crippen MR) is 183 cm³/mol. The van der Waals surface area contributed by atoms with Crippen molar-refractivity contribution in [1.29, 1.82) is 0 Å². The zero-order valence-corrected chi connectivity index (χ0v) is 31.4. The van der Waals surface area contributed by atoms with Crippen LogP contribution in [-0.4, -0.2) is 50.6 Å². The summed E-state index contributed by atoms with van der Waals surface area (Å²) in [5, 5.41) is 11.0. The Morgan fingerprint density at radius 1 is 1.00 bits per heavy atom. The number of benzene rings is 1. The molecule has 4 rings (SSSR count). The van der Waals surface area contributed by atoms with Gasteiger partial charge in [-0.25, -0.2) is 13.5 Å². The Morgan fingerprint density at radius 2 is 1.65 bits per heavy atom. The maximum atomic E-state index is 13.9. The summed E-state index contributed by atoms with van der Waals surface area (Å²) in [6.45, 7) is 16.0. The number of alkyl halides is 1. The lowest BCUT2D eigenvalue weighted by Crippen LogP contribution is -2.47. The highest BCUT2D eigenvalue weighted by Gasteiger charge is 2.56. The Hall–Kier alpha value is -0.830. The molecule has 3 aliphatic rings. The fraction of sp³-hybridized carbons (Fsp3) is 0.833. The molecule has 2 fully saturated rings. The maximum Gasteiger partial charge on any atom is 0.478 e. The van der Waals surface area contributed by atoms with E-state index in [0.717, 1.165) is 44.9 Å². The van der Waals surface area contributed by atoms with Crippen LogP contribution in [0.15, 0.2) is 18.2 Å². The van der Waals surface area contributed by atoms with Gasteiger partial charge in [0.1, 0.15) is 11.4 Å². The van der Waals surface area contributed by atoms with Crippen LogP contribution in [0.2, 0.25) is 0 Å². The smallest absolute Gasteiger partial charge is 0.467 e. The fourth-order valence-electron chi connectivity index (χ4n) is 8.27. The molecule has 0 radical (unpaired) electrons. The molecule has 0 amide bonds. The van der Waals surface area contributed by atoms with Gasteiger partial charge in [0.05, 0.1) is 17.3 Å². The van der Waals surface area contributed by atoms with Gasteiger partial charge in [-0.3, -0.25) is 13.3 Å². The van der Waals surface area contributed by atoms with Gasteiger partial charge in [0.25, 0.3) is 0 Å². The molecular formula is C36H60FO7PS. The molecule has 1 unspecified atom stereocenters. The van der Waals surface area contributed by atoms with Crippen LogP contribution in [0, 0.1) is 23.2 Å². The first kappa shape index (κ1) is 38.0. The Morgan fingerprint density at radius 3 is 2.28 bits per heavy atom. The summed E-state index contributed by atoms with van der Waals surface area (Å²) in [4.78, 5) is 0. The molecule has 0 saturated heterocycles. The van der Waals surface area contributed by atoms with Crippen LogP contribution in [-0.2, 0) is 35.4 Å². The van der Waals surface area contributed by atoms with Crippen molar-refractivity contribution in [2.24, 2.45) is 23.2 Å². The van der Waals surface area contributed by atoms with Gasteiger partial charge in [0, 0.05) is 22.3 Å². The molecule has 10 heteroatoms. The summed E-state index contributed by atoms with van der Waals surface area (Å²) in [5.41, 5.74) is -0.103. The second kappa shape index (κ2) is 14.6. The summed E-state index contributed by atoms with van der Waals surface area (Å²) in [7, 11) is -4.84. The number of hydrogen-bond acceptors (Lipinski definition) is 7. The number of aliphatic hydroxyl groups excluding tert-OH is 1. The van der Waals surface area contributed by atoms with Gasteiger partial charge in [-0.15, -0.1) is 0 Å². The summed E-state index contributed by atoms with van der Waals surface area (Å²) in [6.07, 6.45) is 7.58.